The molecule has 0 saturated carbocycles. The Bertz CT molecular complexity index is 893. The highest BCUT2D eigenvalue weighted by Crippen LogP contribution is 2.41. The van der Waals surface area contributed by atoms with E-state index in [4.69, 9.17) is 16.3 Å². The Labute approximate surface area is 176 Å². The molecule has 0 radical (unpaired) electrons. The molecular formula is C24H27ClO4. The van der Waals surface area contributed by atoms with Gasteiger partial charge in [0.1, 0.15) is 12.2 Å². The fourth-order valence-corrected chi connectivity index (χ4v) is 4.88. The van der Waals surface area contributed by atoms with Crippen LogP contribution in [0.2, 0.25) is 5.02 Å². The minimum atomic E-state index is -1.07. The second-order valence-electron chi connectivity index (χ2n) is 8.01. The van der Waals surface area contributed by atoms with Crippen LogP contribution in [-0.4, -0.2) is 40.2 Å². The van der Waals surface area contributed by atoms with Crippen LogP contribution >= 0.6 is 11.6 Å². The Morgan fingerprint density at radius 2 is 1.86 bits per heavy atom. The lowest BCUT2D eigenvalue weighted by molar-refractivity contribution is -0.181. The molecule has 4 atom stereocenters. The van der Waals surface area contributed by atoms with Crippen molar-refractivity contribution < 1.29 is 20.1 Å². The van der Waals surface area contributed by atoms with Crippen molar-refractivity contribution in [1.29, 1.82) is 0 Å². The quantitative estimate of drug-likeness (QED) is 0.699. The van der Waals surface area contributed by atoms with E-state index in [1.165, 1.54) is 11.1 Å². The van der Waals surface area contributed by atoms with Crippen LogP contribution < -0.4 is 0 Å². The highest BCUT2D eigenvalue weighted by Gasteiger charge is 2.38. The van der Waals surface area contributed by atoms with E-state index in [1.54, 1.807) is 0 Å². The van der Waals surface area contributed by atoms with Gasteiger partial charge in [0.15, 0.2) is 0 Å². The van der Waals surface area contributed by atoms with E-state index in [1.807, 2.05) is 18.2 Å². The van der Waals surface area contributed by atoms with Crippen molar-refractivity contribution in [3.8, 4) is 0 Å². The van der Waals surface area contributed by atoms with E-state index in [0.29, 0.717) is 12.8 Å². The summed E-state index contributed by atoms with van der Waals surface area (Å²) in [7, 11) is 0. The van der Waals surface area contributed by atoms with Gasteiger partial charge < -0.3 is 20.1 Å². The summed E-state index contributed by atoms with van der Waals surface area (Å²) in [4.78, 5) is 0. The molecule has 0 amide bonds. The Morgan fingerprint density at radius 3 is 2.55 bits per heavy atom. The average molecular weight is 415 g/mol. The number of halogens is 1. The minimum Gasteiger partial charge on any atom is -0.394 e. The van der Waals surface area contributed by atoms with Crippen LogP contribution in [0.1, 0.15) is 52.3 Å². The van der Waals surface area contributed by atoms with Crippen molar-refractivity contribution in [1.82, 2.24) is 0 Å². The number of hydrogen-bond acceptors (Lipinski definition) is 4. The second-order valence-corrected chi connectivity index (χ2v) is 8.39. The van der Waals surface area contributed by atoms with Gasteiger partial charge in [-0.3, -0.25) is 0 Å². The van der Waals surface area contributed by atoms with Crippen LogP contribution in [0.15, 0.2) is 36.9 Å². The molecule has 3 unspecified atom stereocenters. The highest BCUT2D eigenvalue weighted by molar-refractivity contribution is 6.32. The maximum Gasteiger partial charge on any atom is 0.110 e. The molecule has 29 heavy (non-hydrogen) atoms. The molecule has 1 saturated heterocycles. The molecular weight excluding hydrogens is 388 g/mol. The number of aliphatic hydroxyl groups excluding tert-OH is 3. The molecule has 5 heteroatoms. The molecule has 1 heterocycles. The van der Waals surface area contributed by atoms with E-state index in [2.05, 4.69) is 24.8 Å². The first-order chi connectivity index (χ1) is 14.0. The lowest BCUT2D eigenvalue weighted by atomic mass is 9.88. The van der Waals surface area contributed by atoms with Gasteiger partial charge in [-0.05, 0) is 59.1 Å². The number of rotatable bonds is 5. The third-order valence-corrected chi connectivity index (χ3v) is 6.62. The number of aliphatic hydroxyl groups is 3. The fourth-order valence-electron chi connectivity index (χ4n) is 4.55. The lowest BCUT2D eigenvalue weighted by Crippen LogP contribution is -2.47. The van der Waals surface area contributed by atoms with E-state index in [9.17, 15) is 15.3 Å². The van der Waals surface area contributed by atoms with Crippen molar-refractivity contribution in [3.63, 3.8) is 0 Å². The van der Waals surface area contributed by atoms with Crippen LogP contribution in [-0.2, 0) is 24.0 Å². The van der Waals surface area contributed by atoms with Crippen LogP contribution in [0.5, 0.6) is 0 Å². The molecule has 1 fully saturated rings. The number of ether oxygens (including phenoxy) is 1. The Hall–Kier alpha value is -1.69. The van der Waals surface area contributed by atoms with Gasteiger partial charge in [0.2, 0.25) is 0 Å². The fraction of sp³-hybridized carbons (Fsp3) is 0.417. The zero-order valence-corrected chi connectivity index (χ0v) is 17.1. The van der Waals surface area contributed by atoms with Crippen LogP contribution in [0.3, 0.4) is 0 Å². The zero-order valence-electron chi connectivity index (χ0n) is 16.4. The van der Waals surface area contributed by atoms with E-state index >= 15 is 0 Å². The van der Waals surface area contributed by atoms with Crippen molar-refractivity contribution in [2.45, 2.75) is 56.5 Å². The number of fused-ring (bicyclic) bond motifs is 1. The van der Waals surface area contributed by atoms with Gasteiger partial charge in [-0.15, -0.1) is 0 Å². The molecule has 2 aromatic rings. The Balaban J connectivity index is 1.70. The van der Waals surface area contributed by atoms with Crippen molar-refractivity contribution in [2.24, 2.45) is 0 Å². The number of benzene rings is 2. The maximum atomic E-state index is 10.3. The van der Waals surface area contributed by atoms with Crippen molar-refractivity contribution in [2.75, 3.05) is 6.61 Å². The second kappa shape index (κ2) is 8.58. The monoisotopic (exact) mass is 414 g/mol. The molecule has 4 nitrogen and oxygen atoms in total. The van der Waals surface area contributed by atoms with Gasteiger partial charge in [0.05, 0.1) is 18.8 Å². The summed E-state index contributed by atoms with van der Waals surface area (Å²) >= 11 is 6.79. The van der Waals surface area contributed by atoms with E-state index < -0.39 is 18.3 Å². The first-order valence-electron chi connectivity index (χ1n) is 10.2. The van der Waals surface area contributed by atoms with Gasteiger partial charge in [0.25, 0.3) is 0 Å². The average Bonchev–Trinajstić information content (AvgIpc) is 3.23. The first kappa shape index (κ1) is 20.6. The van der Waals surface area contributed by atoms with E-state index in [-0.39, 0.29) is 12.7 Å². The zero-order chi connectivity index (χ0) is 20.5. The van der Waals surface area contributed by atoms with Gasteiger partial charge in [-0.1, -0.05) is 54.6 Å². The highest BCUT2D eigenvalue weighted by atomic mass is 35.5. The summed E-state index contributed by atoms with van der Waals surface area (Å²) in [5, 5.41) is 30.7. The molecule has 2 aromatic carbocycles. The first-order valence-corrected chi connectivity index (χ1v) is 10.6. The normalized spacial score (nSPS) is 26.3. The van der Waals surface area contributed by atoms with Crippen LogP contribution in [0, 0.1) is 0 Å². The topological polar surface area (TPSA) is 69.9 Å². The summed E-state index contributed by atoms with van der Waals surface area (Å²) < 4.78 is 5.99. The molecule has 3 N–H and O–H groups in total. The molecule has 0 aromatic heterocycles. The predicted octanol–water partition coefficient (Wildman–Crippen LogP) is 3.61. The minimum absolute atomic E-state index is 0.305. The molecule has 4 rings (SSSR count). The molecule has 2 aliphatic rings. The summed E-state index contributed by atoms with van der Waals surface area (Å²) in [5.74, 6) is 0. The van der Waals surface area contributed by atoms with E-state index in [0.717, 1.165) is 46.5 Å². The molecule has 0 spiro atoms. The third-order valence-electron chi connectivity index (χ3n) is 6.15. The summed E-state index contributed by atoms with van der Waals surface area (Å²) in [6.07, 6.45) is 2.60. The van der Waals surface area contributed by atoms with Gasteiger partial charge in [-0.2, -0.15) is 0 Å². The molecule has 154 valence electrons. The summed E-state index contributed by atoms with van der Waals surface area (Å²) in [6, 6.07) is 10.3. The standard InChI is InChI=1S/C24H27ClO4/c1-2-14-6-8-15(9-7-14)10-16-11-19(17-4-3-5-18(17)23(16)25)21-12-20(27)24(28)22(13-26)29-21/h2,6-9,11,20-22,24,26-28H,1,3-5,10,12-13H2/t20?,21?,22?,24-/m0/s1. The van der Waals surface area contributed by atoms with Gasteiger partial charge >= 0.3 is 0 Å². The maximum absolute atomic E-state index is 10.3. The van der Waals surface area contributed by atoms with Gasteiger partial charge in [0, 0.05) is 11.4 Å². The number of hydrogen-bond donors (Lipinski definition) is 3. The largest absolute Gasteiger partial charge is 0.394 e. The summed E-state index contributed by atoms with van der Waals surface area (Å²) in [6.45, 7) is 3.47. The third kappa shape index (κ3) is 4.00. The Kier molecular flexibility index (Phi) is 6.09. The SMILES string of the molecule is C=Cc1ccc(Cc2cc(C3CC(O)[C@H](O)C(CO)O3)c3c(c2Cl)CCC3)cc1. The van der Waals surface area contributed by atoms with Crippen molar-refractivity contribution in [3.05, 3.63) is 75.3 Å². The van der Waals surface area contributed by atoms with Gasteiger partial charge in [-0.25, -0.2) is 0 Å². The van der Waals surface area contributed by atoms with Crippen LogP contribution in [0.4, 0.5) is 0 Å². The molecule has 1 aliphatic carbocycles. The molecule has 0 bridgehead atoms. The van der Waals surface area contributed by atoms with Crippen LogP contribution in [0.25, 0.3) is 6.08 Å². The predicted molar refractivity (Wildman–Crippen MR) is 114 cm³/mol. The smallest absolute Gasteiger partial charge is 0.110 e. The van der Waals surface area contributed by atoms with Crippen molar-refractivity contribution >= 4 is 17.7 Å². The Morgan fingerprint density at radius 1 is 1.14 bits per heavy atom. The lowest BCUT2D eigenvalue weighted by Gasteiger charge is -2.37. The molecule has 1 aliphatic heterocycles. The summed E-state index contributed by atoms with van der Waals surface area (Å²) in [5.41, 5.74) is 6.68.